The Balaban J connectivity index is 3.23. The van der Waals surface area contributed by atoms with Crippen molar-refractivity contribution in [1.82, 2.24) is 0 Å². The van der Waals surface area contributed by atoms with Gasteiger partial charge in [-0.2, -0.15) is 0 Å². The van der Waals surface area contributed by atoms with Gasteiger partial charge < -0.3 is 24.4 Å². The Morgan fingerprint density at radius 3 is 2.10 bits per heavy atom. The van der Waals surface area contributed by atoms with E-state index in [-0.39, 0.29) is 12.1 Å². The third kappa shape index (κ3) is 3.45. The molecule has 0 heterocycles. The molecule has 2 atom stereocenters. The number of azide groups is 1. The van der Waals surface area contributed by atoms with Gasteiger partial charge in [-0.15, -0.1) is 0 Å². The average Bonchev–Trinajstić information content (AvgIpc) is 2.50. The van der Waals surface area contributed by atoms with Gasteiger partial charge in [0, 0.05) is 17.0 Å². The van der Waals surface area contributed by atoms with Crippen LogP contribution in [0.2, 0.25) is 0 Å². The Hall–Kier alpha value is -2.15. The minimum Gasteiger partial charge on any atom is -0.496 e. The number of hydrogen-bond donors (Lipinski definition) is 2. The monoisotopic (exact) mass is 283 g/mol. The van der Waals surface area contributed by atoms with Gasteiger partial charge in [0.15, 0.2) is 0 Å². The molecule has 0 aliphatic heterocycles. The van der Waals surface area contributed by atoms with Crippen LogP contribution >= 0.6 is 0 Å². The summed E-state index contributed by atoms with van der Waals surface area (Å²) in [6.07, 6.45) is -2.60. The molecule has 1 aromatic rings. The number of aliphatic hydroxyl groups excluding tert-OH is 2. The maximum Gasteiger partial charge on any atom is 0.132 e. The number of hydrogen-bond acceptors (Lipinski definition) is 6. The lowest BCUT2D eigenvalue weighted by Crippen LogP contribution is -2.22. The Morgan fingerprint density at radius 2 is 1.70 bits per heavy atom. The van der Waals surface area contributed by atoms with Crippen molar-refractivity contribution in [2.24, 2.45) is 5.11 Å². The number of rotatable bonds is 7. The van der Waals surface area contributed by atoms with E-state index >= 15 is 0 Å². The van der Waals surface area contributed by atoms with Crippen LogP contribution < -0.4 is 14.2 Å². The number of aliphatic hydroxyl groups is 2. The van der Waals surface area contributed by atoms with Crippen LogP contribution in [0.5, 0.6) is 17.2 Å². The van der Waals surface area contributed by atoms with Crippen molar-refractivity contribution in [2.75, 3.05) is 27.9 Å². The molecule has 0 saturated heterocycles. The fourth-order valence-electron chi connectivity index (χ4n) is 1.74. The van der Waals surface area contributed by atoms with Crippen LogP contribution in [-0.4, -0.2) is 44.2 Å². The van der Waals surface area contributed by atoms with Crippen LogP contribution in [0.15, 0.2) is 17.2 Å². The molecule has 0 amide bonds. The minimum absolute atomic E-state index is 0.261. The molecule has 20 heavy (non-hydrogen) atoms. The molecule has 0 radical (unpaired) electrons. The molecule has 0 saturated carbocycles. The van der Waals surface area contributed by atoms with Crippen molar-refractivity contribution in [2.45, 2.75) is 12.2 Å². The summed E-state index contributed by atoms with van der Waals surface area (Å²) >= 11 is 0. The maximum atomic E-state index is 10.2. The quantitative estimate of drug-likeness (QED) is 0.446. The molecular formula is C12H17N3O5. The molecular weight excluding hydrogens is 266 g/mol. The van der Waals surface area contributed by atoms with E-state index in [1.807, 2.05) is 0 Å². The fourth-order valence-corrected chi connectivity index (χ4v) is 1.74. The highest BCUT2D eigenvalue weighted by molar-refractivity contribution is 5.52. The van der Waals surface area contributed by atoms with Gasteiger partial charge in [0.25, 0.3) is 0 Å². The second-order valence-electron chi connectivity index (χ2n) is 3.87. The Bertz CT molecular complexity index is 477. The SMILES string of the molecule is COc1cc(OC)c(C(O)C(O)CN=[N+]=[N-])c(OC)c1. The molecule has 0 aliphatic carbocycles. The van der Waals surface area contributed by atoms with E-state index in [1.165, 1.54) is 21.3 Å². The van der Waals surface area contributed by atoms with Gasteiger partial charge >= 0.3 is 0 Å². The van der Waals surface area contributed by atoms with E-state index < -0.39 is 12.2 Å². The maximum absolute atomic E-state index is 10.2. The Kier molecular flexibility index (Phi) is 5.92. The first-order chi connectivity index (χ1) is 9.58. The molecule has 0 aliphatic rings. The van der Waals surface area contributed by atoms with Crippen molar-refractivity contribution in [3.63, 3.8) is 0 Å². The van der Waals surface area contributed by atoms with Crippen LogP contribution in [0.1, 0.15) is 11.7 Å². The van der Waals surface area contributed by atoms with Gasteiger partial charge in [0.05, 0.1) is 39.5 Å². The van der Waals surface area contributed by atoms with Crippen molar-refractivity contribution in [3.8, 4) is 17.2 Å². The zero-order valence-corrected chi connectivity index (χ0v) is 11.5. The normalized spacial score (nSPS) is 13.1. The van der Waals surface area contributed by atoms with Gasteiger partial charge in [-0.1, -0.05) is 5.11 Å². The molecule has 0 spiro atoms. The summed E-state index contributed by atoms with van der Waals surface area (Å²) in [4.78, 5) is 2.54. The minimum atomic E-state index is -1.32. The van der Waals surface area contributed by atoms with Crippen LogP contribution in [0.3, 0.4) is 0 Å². The zero-order valence-electron chi connectivity index (χ0n) is 11.5. The molecule has 8 heteroatoms. The highest BCUT2D eigenvalue weighted by Gasteiger charge is 2.26. The van der Waals surface area contributed by atoms with Crippen molar-refractivity contribution >= 4 is 0 Å². The largest absolute Gasteiger partial charge is 0.496 e. The molecule has 110 valence electrons. The van der Waals surface area contributed by atoms with Crippen LogP contribution in [0, 0.1) is 0 Å². The van der Waals surface area contributed by atoms with E-state index in [4.69, 9.17) is 19.7 Å². The molecule has 2 unspecified atom stereocenters. The van der Waals surface area contributed by atoms with Crippen LogP contribution in [0.25, 0.3) is 10.4 Å². The third-order valence-corrected chi connectivity index (χ3v) is 2.75. The predicted molar refractivity (Wildman–Crippen MR) is 71.1 cm³/mol. The van der Waals surface area contributed by atoms with E-state index in [0.29, 0.717) is 17.2 Å². The molecule has 8 nitrogen and oxygen atoms in total. The van der Waals surface area contributed by atoms with E-state index in [2.05, 4.69) is 10.0 Å². The van der Waals surface area contributed by atoms with Gasteiger partial charge in [-0.25, -0.2) is 0 Å². The molecule has 0 fully saturated rings. The van der Waals surface area contributed by atoms with Crippen molar-refractivity contribution in [1.29, 1.82) is 0 Å². The third-order valence-electron chi connectivity index (χ3n) is 2.75. The predicted octanol–water partition coefficient (Wildman–Crippen LogP) is 1.42. The lowest BCUT2D eigenvalue weighted by atomic mass is 10.0. The van der Waals surface area contributed by atoms with Crippen molar-refractivity contribution in [3.05, 3.63) is 28.1 Å². The molecule has 0 bridgehead atoms. The van der Waals surface area contributed by atoms with Crippen molar-refractivity contribution < 1.29 is 24.4 Å². The van der Waals surface area contributed by atoms with Gasteiger partial charge in [0.2, 0.25) is 0 Å². The molecule has 1 aromatic carbocycles. The summed E-state index contributed by atoms with van der Waals surface area (Å²) in [5.41, 5.74) is 8.50. The summed E-state index contributed by atoms with van der Waals surface area (Å²) in [6.45, 7) is -0.268. The summed E-state index contributed by atoms with van der Waals surface area (Å²) in [7, 11) is 4.33. The lowest BCUT2D eigenvalue weighted by Gasteiger charge is -2.22. The van der Waals surface area contributed by atoms with E-state index in [1.54, 1.807) is 12.1 Å². The number of methoxy groups -OCH3 is 3. The highest BCUT2D eigenvalue weighted by atomic mass is 16.5. The first-order valence-corrected chi connectivity index (χ1v) is 5.75. The smallest absolute Gasteiger partial charge is 0.132 e. The fraction of sp³-hybridized carbons (Fsp3) is 0.500. The Morgan fingerprint density at radius 1 is 1.15 bits per heavy atom. The number of nitrogens with zero attached hydrogens (tertiary/aromatic N) is 3. The van der Waals surface area contributed by atoms with Crippen LogP contribution in [0.4, 0.5) is 0 Å². The average molecular weight is 283 g/mol. The van der Waals surface area contributed by atoms with Gasteiger partial charge in [0.1, 0.15) is 23.4 Å². The van der Waals surface area contributed by atoms with Crippen LogP contribution in [-0.2, 0) is 0 Å². The highest BCUT2D eigenvalue weighted by Crippen LogP contribution is 2.39. The lowest BCUT2D eigenvalue weighted by molar-refractivity contribution is 0.0215. The molecule has 1 rings (SSSR count). The molecule has 0 aromatic heterocycles. The standard InChI is InChI=1S/C12H17N3O5/c1-18-7-4-9(19-2)11(10(5-7)20-3)12(17)8(16)6-14-15-13/h4-5,8,12,16-17H,6H2,1-3H3. The summed E-state index contributed by atoms with van der Waals surface area (Å²) in [5, 5.41) is 23.2. The summed E-state index contributed by atoms with van der Waals surface area (Å²) in [5.74, 6) is 1.08. The van der Waals surface area contributed by atoms with E-state index in [9.17, 15) is 10.2 Å². The van der Waals surface area contributed by atoms with Gasteiger partial charge in [-0.05, 0) is 5.53 Å². The summed E-state index contributed by atoms with van der Waals surface area (Å²) < 4.78 is 15.4. The number of benzene rings is 1. The Labute approximate surface area is 116 Å². The van der Waals surface area contributed by atoms with E-state index in [0.717, 1.165) is 0 Å². The van der Waals surface area contributed by atoms with Gasteiger partial charge in [-0.3, -0.25) is 0 Å². The topological polar surface area (TPSA) is 117 Å². The first kappa shape index (κ1) is 15.9. The second kappa shape index (κ2) is 7.44. The zero-order chi connectivity index (χ0) is 15.1. The summed E-state index contributed by atoms with van der Waals surface area (Å²) in [6, 6.07) is 3.11. The second-order valence-corrected chi connectivity index (χ2v) is 3.87. The molecule has 2 N–H and O–H groups in total. The first-order valence-electron chi connectivity index (χ1n) is 5.75. The number of ether oxygens (including phenoxy) is 3.